The lowest BCUT2D eigenvalue weighted by atomic mass is 9.97. The summed E-state index contributed by atoms with van der Waals surface area (Å²) >= 11 is 0. The Kier molecular flexibility index (Phi) is 4.75. The molecule has 0 unspecified atom stereocenters. The number of hydrogen-bond donors (Lipinski definition) is 2. The van der Waals surface area contributed by atoms with Gasteiger partial charge in [0.15, 0.2) is 0 Å². The first-order valence-electron chi connectivity index (χ1n) is 6.84. The highest BCUT2D eigenvalue weighted by Crippen LogP contribution is 2.20. The maximum Gasteiger partial charge on any atom is 0.0460 e. The van der Waals surface area contributed by atoms with E-state index >= 15 is 0 Å². The summed E-state index contributed by atoms with van der Waals surface area (Å²) in [5, 5.41) is 9.14. The summed E-state index contributed by atoms with van der Waals surface area (Å²) in [5.41, 5.74) is 9.59. The molecule has 1 fully saturated rings. The zero-order chi connectivity index (χ0) is 13.0. The van der Waals surface area contributed by atoms with Gasteiger partial charge in [-0.3, -0.25) is 4.90 Å². The van der Waals surface area contributed by atoms with E-state index in [1.807, 2.05) is 0 Å². The summed E-state index contributed by atoms with van der Waals surface area (Å²) in [6, 6.07) is 6.52. The Hall–Kier alpha value is -0.900. The van der Waals surface area contributed by atoms with Crippen LogP contribution in [0, 0.1) is 12.8 Å². The minimum absolute atomic E-state index is 0.345. The zero-order valence-corrected chi connectivity index (χ0v) is 11.2. The van der Waals surface area contributed by atoms with E-state index in [-0.39, 0.29) is 0 Å². The normalized spacial score (nSPS) is 18.2. The van der Waals surface area contributed by atoms with Crippen molar-refractivity contribution in [2.24, 2.45) is 11.7 Å². The van der Waals surface area contributed by atoms with Crippen LogP contribution in [0.4, 0.5) is 0 Å². The molecule has 1 saturated heterocycles. The Labute approximate surface area is 110 Å². The number of hydrogen-bond acceptors (Lipinski definition) is 3. The van der Waals surface area contributed by atoms with Gasteiger partial charge in [-0.2, -0.15) is 0 Å². The van der Waals surface area contributed by atoms with Gasteiger partial charge in [-0.05, 0) is 55.5 Å². The minimum atomic E-state index is 0.345. The van der Waals surface area contributed by atoms with Crippen molar-refractivity contribution < 1.29 is 5.11 Å². The highest BCUT2D eigenvalue weighted by Gasteiger charge is 2.18. The Balaban J connectivity index is 1.94. The van der Waals surface area contributed by atoms with Crippen molar-refractivity contribution in [3.63, 3.8) is 0 Å². The average molecular weight is 248 g/mol. The molecule has 0 saturated carbocycles. The van der Waals surface area contributed by atoms with Gasteiger partial charge in [0.05, 0.1) is 0 Å². The van der Waals surface area contributed by atoms with Gasteiger partial charge in [0, 0.05) is 19.7 Å². The molecule has 0 aromatic heterocycles. The topological polar surface area (TPSA) is 49.5 Å². The SMILES string of the molecule is Cc1cc(CN)ccc1CN1CCC(CO)CC1. The first-order chi connectivity index (χ1) is 8.72. The average Bonchev–Trinajstić information content (AvgIpc) is 2.42. The predicted molar refractivity (Wildman–Crippen MR) is 74.2 cm³/mol. The molecule has 0 atom stereocenters. The van der Waals surface area contributed by atoms with E-state index in [0.29, 0.717) is 19.1 Å². The Morgan fingerprint density at radius 1 is 1.33 bits per heavy atom. The summed E-state index contributed by atoms with van der Waals surface area (Å²) < 4.78 is 0. The minimum Gasteiger partial charge on any atom is -0.396 e. The number of piperidine rings is 1. The van der Waals surface area contributed by atoms with Gasteiger partial charge < -0.3 is 10.8 Å². The third-order valence-corrected chi connectivity index (χ3v) is 4.00. The number of aliphatic hydroxyl groups is 1. The molecule has 0 spiro atoms. The molecule has 0 bridgehead atoms. The summed E-state index contributed by atoms with van der Waals surface area (Å²) in [5.74, 6) is 0.516. The zero-order valence-electron chi connectivity index (χ0n) is 11.2. The van der Waals surface area contributed by atoms with Gasteiger partial charge >= 0.3 is 0 Å². The summed E-state index contributed by atoms with van der Waals surface area (Å²) in [6.45, 7) is 6.34. The third kappa shape index (κ3) is 3.31. The fraction of sp³-hybridized carbons (Fsp3) is 0.600. The summed E-state index contributed by atoms with van der Waals surface area (Å²) in [6.07, 6.45) is 2.24. The van der Waals surface area contributed by atoms with E-state index in [2.05, 4.69) is 30.0 Å². The molecule has 3 nitrogen and oxygen atoms in total. The lowest BCUT2D eigenvalue weighted by Crippen LogP contribution is -2.34. The van der Waals surface area contributed by atoms with E-state index in [4.69, 9.17) is 10.8 Å². The van der Waals surface area contributed by atoms with Gasteiger partial charge in [-0.25, -0.2) is 0 Å². The maximum atomic E-state index is 9.14. The quantitative estimate of drug-likeness (QED) is 0.852. The molecule has 3 heteroatoms. The molecule has 3 N–H and O–H groups in total. The fourth-order valence-corrected chi connectivity index (χ4v) is 2.63. The lowest BCUT2D eigenvalue weighted by Gasteiger charge is -2.31. The number of nitrogens with two attached hydrogens (primary N) is 1. The molecule has 100 valence electrons. The monoisotopic (exact) mass is 248 g/mol. The second kappa shape index (κ2) is 6.32. The molecule has 0 amide bonds. The molecule has 1 aromatic rings. The standard InChI is InChI=1S/C15H24N2O/c1-12-8-14(9-16)2-3-15(12)10-17-6-4-13(11-18)5-7-17/h2-3,8,13,18H,4-7,9-11,16H2,1H3. The highest BCUT2D eigenvalue weighted by atomic mass is 16.3. The third-order valence-electron chi connectivity index (χ3n) is 4.00. The summed E-state index contributed by atoms with van der Waals surface area (Å²) in [4.78, 5) is 2.48. The molecular weight excluding hydrogens is 224 g/mol. The van der Waals surface area contributed by atoms with Crippen LogP contribution in [-0.2, 0) is 13.1 Å². The molecule has 0 aliphatic carbocycles. The first kappa shape index (κ1) is 13.5. The van der Waals surface area contributed by atoms with Gasteiger partial charge in [0.1, 0.15) is 0 Å². The van der Waals surface area contributed by atoms with Crippen molar-refractivity contribution in [2.75, 3.05) is 19.7 Å². The molecular formula is C15H24N2O. The van der Waals surface area contributed by atoms with E-state index in [1.165, 1.54) is 16.7 Å². The van der Waals surface area contributed by atoms with Crippen LogP contribution in [0.25, 0.3) is 0 Å². The lowest BCUT2D eigenvalue weighted by molar-refractivity contribution is 0.127. The van der Waals surface area contributed by atoms with E-state index in [0.717, 1.165) is 32.5 Å². The summed E-state index contributed by atoms with van der Waals surface area (Å²) in [7, 11) is 0. The molecule has 1 aliphatic rings. The number of likely N-dealkylation sites (tertiary alicyclic amines) is 1. The highest BCUT2D eigenvalue weighted by molar-refractivity contribution is 5.31. The predicted octanol–water partition coefficient (Wildman–Crippen LogP) is 1.66. The smallest absolute Gasteiger partial charge is 0.0460 e. The van der Waals surface area contributed by atoms with Crippen LogP contribution in [0.15, 0.2) is 18.2 Å². The Bertz CT molecular complexity index is 384. The molecule has 1 aromatic carbocycles. The van der Waals surface area contributed by atoms with Crippen molar-refractivity contribution in [1.82, 2.24) is 4.90 Å². The molecule has 1 heterocycles. The van der Waals surface area contributed by atoms with E-state index < -0.39 is 0 Å². The number of aliphatic hydroxyl groups excluding tert-OH is 1. The van der Waals surface area contributed by atoms with Crippen molar-refractivity contribution in [1.29, 1.82) is 0 Å². The van der Waals surface area contributed by atoms with Crippen molar-refractivity contribution in [3.8, 4) is 0 Å². The number of benzene rings is 1. The van der Waals surface area contributed by atoms with Gasteiger partial charge in [-0.1, -0.05) is 18.2 Å². The second-order valence-corrected chi connectivity index (χ2v) is 5.37. The van der Waals surface area contributed by atoms with E-state index in [1.54, 1.807) is 0 Å². The van der Waals surface area contributed by atoms with Crippen LogP contribution in [0.1, 0.15) is 29.5 Å². The molecule has 2 rings (SSSR count). The Morgan fingerprint density at radius 2 is 2.06 bits per heavy atom. The van der Waals surface area contributed by atoms with Crippen molar-refractivity contribution >= 4 is 0 Å². The molecule has 18 heavy (non-hydrogen) atoms. The number of nitrogens with zero attached hydrogens (tertiary/aromatic N) is 1. The van der Waals surface area contributed by atoms with Gasteiger partial charge in [0.25, 0.3) is 0 Å². The first-order valence-corrected chi connectivity index (χ1v) is 6.84. The number of rotatable bonds is 4. The van der Waals surface area contributed by atoms with Crippen LogP contribution < -0.4 is 5.73 Å². The van der Waals surface area contributed by atoms with Crippen LogP contribution >= 0.6 is 0 Å². The van der Waals surface area contributed by atoms with Crippen LogP contribution in [0.3, 0.4) is 0 Å². The van der Waals surface area contributed by atoms with Crippen LogP contribution in [0.2, 0.25) is 0 Å². The van der Waals surface area contributed by atoms with Gasteiger partial charge in [0.2, 0.25) is 0 Å². The van der Waals surface area contributed by atoms with Crippen molar-refractivity contribution in [2.45, 2.75) is 32.9 Å². The van der Waals surface area contributed by atoms with Gasteiger partial charge in [-0.15, -0.1) is 0 Å². The Morgan fingerprint density at radius 3 is 2.61 bits per heavy atom. The molecule has 0 radical (unpaired) electrons. The second-order valence-electron chi connectivity index (χ2n) is 5.37. The van der Waals surface area contributed by atoms with Crippen LogP contribution in [-0.4, -0.2) is 29.7 Å². The largest absolute Gasteiger partial charge is 0.396 e. The fourth-order valence-electron chi connectivity index (χ4n) is 2.63. The maximum absolute atomic E-state index is 9.14. The van der Waals surface area contributed by atoms with Crippen LogP contribution in [0.5, 0.6) is 0 Å². The number of aryl methyl sites for hydroxylation is 1. The van der Waals surface area contributed by atoms with Crippen molar-refractivity contribution in [3.05, 3.63) is 34.9 Å². The van der Waals surface area contributed by atoms with E-state index in [9.17, 15) is 0 Å². The molecule has 1 aliphatic heterocycles.